The van der Waals surface area contributed by atoms with Crippen LogP contribution in [0.5, 0.6) is 0 Å². The molecule has 0 fully saturated rings. The highest BCUT2D eigenvalue weighted by molar-refractivity contribution is 5.76. The second-order valence-corrected chi connectivity index (χ2v) is 11.0. The first-order chi connectivity index (χ1) is 16.7. The molecule has 0 aromatic heterocycles. The number of unbranched alkanes of at least 4 members (excludes halogenated alkanes) is 18. The molecule has 2 heteroatoms. The predicted molar refractivity (Wildman–Crippen MR) is 152 cm³/mol. The maximum absolute atomic E-state index is 13.1. The van der Waals surface area contributed by atoms with E-state index in [1.807, 2.05) is 0 Å². The lowest BCUT2D eigenvalue weighted by Crippen LogP contribution is -2.33. The Morgan fingerprint density at radius 2 is 0.765 bits per heavy atom. The van der Waals surface area contributed by atoms with Gasteiger partial charge in [-0.1, -0.05) is 163 Å². The Hall–Kier alpha value is -0.530. The number of carbonyl (C=O) groups excluding carboxylic acids is 1. The zero-order valence-electron chi connectivity index (χ0n) is 24.2. The maximum Gasteiger partial charge on any atom is 0.312 e. The second-order valence-electron chi connectivity index (χ2n) is 11.0. The van der Waals surface area contributed by atoms with Crippen molar-refractivity contribution >= 4 is 5.97 Å². The van der Waals surface area contributed by atoms with E-state index < -0.39 is 0 Å². The second kappa shape index (κ2) is 25.6. The van der Waals surface area contributed by atoms with Crippen molar-refractivity contribution in [3.63, 3.8) is 0 Å². The Kier molecular flexibility index (Phi) is 25.2. The molecule has 0 heterocycles. The van der Waals surface area contributed by atoms with Gasteiger partial charge in [0.05, 0.1) is 12.0 Å². The van der Waals surface area contributed by atoms with Crippen LogP contribution in [0.25, 0.3) is 0 Å². The summed E-state index contributed by atoms with van der Waals surface area (Å²) >= 11 is 0. The first-order valence-electron chi connectivity index (χ1n) is 15.8. The van der Waals surface area contributed by atoms with Gasteiger partial charge in [-0.2, -0.15) is 0 Å². The lowest BCUT2D eigenvalue weighted by molar-refractivity contribution is -0.158. The van der Waals surface area contributed by atoms with Crippen LogP contribution in [0.2, 0.25) is 0 Å². The third kappa shape index (κ3) is 18.8. The van der Waals surface area contributed by atoms with Gasteiger partial charge in [-0.25, -0.2) is 0 Å². The Morgan fingerprint density at radius 1 is 0.441 bits per heavy atom. The molecule has 0 aromatic carbocycles. The minimum absolute atomic E-state index is 0.115. The molecule has 0 N–H and O–H groups in total. The van der Waals surface area contributed by atoms with E-state index in [1.54, 1.807) is 0 Å². The molecule has 34 heavy (non-hydrogen) atoms. The van der Waals surface area contributed by atoms with Gasteiger partial charge in [-0.3, -0.25) is 4.79 Å². The average Bonchev–Trinajstić information content (AvgIpc) is 2.85. The first-order valence-corrected chi connectivity index (χ1v) is 15.8. The third-order valence-electron chi connectivity index (χ3n) is 7.69. The van der Waals surface area contributed by atoms with Gasteiger partial charge in [0.15, 0.2) is 0 Å². The lowest BCUT2D eigenvalue weighted by Gasteiger charge is -2.32. The predicted octanol–water partition coefficient (Wildman–Crippen LogP) is 11.3. The van der Waals surface area contributed by atoms with Crippen molar-refractivity contribution in [2.45, 2.75) is 188 Å². The van der Waals surface area contributed by atoms with Crippen LogP contribution in [0.3, 0.4) is 0 Å². The largest absolute Gasteiger partial charge is 0.465 e. The third-order valence-corrected chi connectivity index (χ3v) is 7.69. The van der Waals surface area contributed by atoms with Crippen molar-refractivity contribution < 1.29 is 9.53 Å². The van der Waals surface area contributed by atoms with Gasteiger partial charge in [-0.15, -0.1) is 0 Å². The molecule has 0 atom stereocenters. The first kappa shape index (κ1) is 33.5. The SMILES string of the molecule is CCCCCCCCCCCCCCCCCCC(CCCC)(CCCC)C(=O)OCCCC. The van der Waals surface area contributed by atoms with Gasteiger partial charge in [0, 0.05) is 0 Å². The van der Waals surface area contributed by atoms with E-state index in [-0.39, 0.29) is 11.4 Å². The van der Waals surface area contributed by atoms with Crippen LogP contribution in [0.1, 0.15) is 188 Å². The minimum atomic E-state index is -0.213. The van der Waals surface area contributed by atoms with E-state index in [0.717, 1.165) is 57.8 Å². The molecule has 0 unspecified atom stereocenters. The summed E-state index contributed by atoms with van der Waals surface area (Å²) in [6.07, 6.45) is 32.1. The standard InChI is InChI=1S/C32H64O2/c1-5-9-13-14-15-16-17-18-19-20-21-22-23-24-25-26-29-32(27-10-6-2,28-11-7-3)31(33)34-30-12-8-4/h5-30H2,1-4H3. The molecule has 0 saturated heterocycles. The van der Waals surface area contributed by atoms with Crippen molar-refractivity contribution in [1.82, 2.24) is 0 Å². The fourth-order valence-electron chi connectivity index (χ4n) is 5.19. The molecule has 0 spiro atoms. The molecule has 0 aliphatic rings. The molecule has 0 bridgehead atoms. The van der Waals surface area contributed by atoms with Gasteiger partial charge < -0.3 is 4.74 Å². The van der Waals surface area contributed by atoms with E-state index in [4.69, 9.17) is 4.74 Å². The monoisotopic (exact) mass is 480 g/mol. The van der Waals surface area contributed by atoms with E-state index in [1.165, 1.54) is 103 Å². The lowest BCUT2D eigenvalue weighted by atomic mass is 9.74. The van der Waals surface area contributed by atoms with Gasteiger partial charge >= 0.3 is 5.97 Å². The van der Waals surface area contributed by atoms with Gasteiger partial charge in [0.2, 0.25) is 0 Å². The summed E-state index contributed by atoms with van der Waals surface area (Å²) in [7, 11) is 0. The fraction of sp³-hybridized carbons (Fsp3) is 0.969. The summed E-state index contributed by atoms with van der Waals surface area (Å²) in [5.41, 5.74) is -0.213. The van der Waals surface area contributed by atoms with Crippen molar-refractivity contribution in [1.29, 1.82) is 0 Å². The van der Waals surface area contributed by atoms with Crippen LogP contribution in [0.15, 0.2) is 0 Å². The molecular formula is C32H64O2. The number of hydrogen-bond donors (Lipinski definition) is 0. The van der Waals surface area contributed by atoms with Crippen LogP contribution < -0.4 is 0 Å². The van der Waals surface area contributed by atoms with E-state index >= 15 is 0 Å². The average molecular weight is 481 g/mol. The number of ether oxygens (including phenoxy) is 1. The highest BCUT2D eigenvalue weighted by Gasteiger charge is 2.38. The van der Waals surface area contributed by atoms with Gasteiger partial charge in [0.25, 0.3) is 0 Å². The maximum atomic E-state index is 13.1. The topological polar surface area (TPSA) is 26.3 Å². The Morgan fingerprint density at radius 3 is 1.15 bits per heavy atom. The molecule has 0 amide bonds. The fourth-order valence-corrected chi connectivity index (χ4v) is 5.19. The smallest absolute Gasteiger partial charge is 0.312 e. The number of esters is 1. The molecule has 204 valence electrons. The van der Waals surface area contributed by atoms with Crippen molar-refractivity contribution in [2.24, 2.45) is 5.41 Å². The van der Waals surface area contributed by atoms with E-state index in [9.17, 15) is 4.79 Å². The van der Waals surface area contributed by atoms with Crippen LogP contribution in [-0.2, 0) is 9.53 Å². The van der Waals surface area contributed by atoms with Crippen LogP contribution in [0, 0.1) is 5.41 Å². The van der Waals surface area contributed by atoms with Gasteiger partial charge in [-0.05, 0) is 25.7 Å². The summed E-state index contributed by atoms with van der Waals surface area (Å²) in [5, 5.41) is 0. The van der Waals surface area contributed by atoms with Crippen LogP contribution in [0.4, 0.5) is 0 Å². The molecular weight excluding hydrogens is 416 g/mol. The van der Waals surface area contributed by atoms with Crippen molar-refractivity contribution in [3.05, 3.63) is 0 Å². The zero-order chi connectivity index (χ0) is 25.2. The van der Waals surface area contributed by atoms with E-state index in [2.05, 4.69) is 27.7 Å². The molecule has 0 rings (SSSR count). The van der Waals surface area contributed by atoms with Crippen LogP contribution >= 0.6 is 0 Å². The molecule has 2 nitrogen and oxygen atoms in total. The molecule has 0 radical (unpaired) electrons. The Labute approximate surface area is 215 Å². The highest BCUT2D eigenvalue weighted by Crippen LogP contribution is 2.38. The summed E-state index contributed by atoms with van der Waals surface area (Å²) < 4.78 is 5.78. The number of hydrogen-bond acceptors (Lipinski definition) is 2. The van der Waals surface area contributed by atoms with Crippen molar-refractivity contribution in [3.8, 4) is 0 Å². The molecule has 0 saturated carbocycles. The van der Waals surface area contributed by atoms with Crippen molar-refractivity contribution in [2.75, 3.05) is 6.61 Å². The Bertz CT molecular complexity index is 409. The summed E-state index contributed by atoms with van der Waals surface area (Å²) in [6.45, 7) is 9.53. The molecule has 0 aromatic rings. The molecule has 0 aliphatic heterocycles. The summed E-state index contributed by atoms with van der Waals surface area (Å²) in [6, 6.07) is 0. The zero-order valence-corrected chi connectivity index (χ0v) is 24.2. The van der Waals surface area contributed by atoms with Crippen LogP contribution in [-0.4, -0.2) is 12.6 Å². The summed E-state index contributed by atoms with van der Waals surface area (Å²) in [4.78, 5) is 13.1. The normalized spacial score (nSPS) is 11.8. The minimum Gasteiger partial charge on any atom is -0.465 e. The number of rotatable bonds is 27. The number of carbonyl (C=O) groups is 1. The molecule has 0 aliphatic carbocycles. The summed E-state index contributed by atoms with van der Waals surface area (Å²) in [5.74, 6) is 0.115. The quantitative estimate of drug-likeness (QED) is 0.0862. The highest BCUT2D eigenvalue weighted by atomic mass is 16.5. The van der Waals surface area contributed by atoms with E-state index in [0.29, 0.717) is 6.61 Å². The van der Waals surface area contributed by atoms with Gasteiger partial charge in [0.1, 0.15) is 0 Å². The Balaban J connectivity index is 4.00.